The van der Waals surface area contributed by atoms with Gasteiger partial charge in [0.15, 0.2) is 0 Å². The van der Waals surface area contributed by atoms with Crippen LogP contribution in [0.25, 0.3) is 0 Å². The fourth-order valence-corrected chi connectivity index (χ4v) is 3.96. The van der Waals surface area contributed by atoms with Crippen LogP contribution in [0.4, 0.5) is 0 Å². The number of carbonyl (C=O) groups is 1. The van der Waals surface area contributed by atoms with Crippen LogP contribution >= 0.6 is 27.7 Å². The number of nitrogens with one attached hydrogen (secondary N) is 1. The van der Waals surface area contributed by atoms with Crippen molar-refractivity contribution < 1.29 is 4.79 Å². The van der Waals surface area contributed by atoms with E-state index in [4.69, 9.17) is 0 Å². The second kappa shape index (κ2) is 7.78. The minimum absolute atomic E-state index is 0.131. The van der Waals surface area contributed by atoms with Gasteiger partial charge >= 0.3 is 0 Å². The van der Waals surface area contributed by atoms with Crippen molar-refractivity contribution in [1.82, 2.24) is 5.32 Å². The van der Waals surface area contributed by atoms with Crippen LogP contribution in [0, 0.1) is 11.3 Å². The molecule has 0 aromatic heterocycles. The van der Waals surface area contributed by atoms with Gasteiger partial charge in [0, 0.05) is 17.8 Å². The van der Waals surface area contributed by atoms with Gasteiger partial charge in [0.1, 0.15) is 0 Å². The Morgan fingerprint density at radius 3 is 2.50 bits per heavy atom. The first kappa shape index (κ1) is 16.4. The molecule has 1 fully saturated rings. The summed E-state index contributed by atoms with van der Waals surface area (Å²) in [5.41, 5.74) is 0.131. The topological polar surface area (TPSA) is 29.1 Å². The Labute approximate surface area is 124 Å². The number of rotatable bonds is 5. The first-order valence-electron chi connectivity index (χ1n) is 6.86. The molecular formula is C14H26BrNOS. The van der Waals surface area contributed by atoms with E-state index in [1.54, 1.807) is 0 Å². The fraction of sp³-hybridized carbons (Fsp3) is 0.929. The minimum Gasteiger partial charge on any atom is -0.353 e. The summed E-state index contributed by atoms with van der Waals surface area (Å²) in [7, 11) is 0. The molecule has 0 aromatic carbocycles. The zero-order valence-corrected chi connectivity index (χ0v) is 14.2. The first-order chi connectivity index (χ1) is 8.43. The molecule has 18 heavy (non-hydrogen) atoms. The molecule has 4 heteroatoms. The lowest BCUT2D eigenvalue weighted by molar-refractivity contribution is -0.123. The van der Waals surface area contributed by atoms with Crippen LogP contribution in [-0.2, 0) is 4.79 Å². The van der Waals surface area contributed by atoms with Gasteiger partial charge in [-0.3, -0.25) is 4.79 Å². The minimum atomic E-state index is 0.131. The highest BCUT2D eigenvalue weighted by molar-refractivity contribution is 9.09. The number of hydrogen-bond acceptors (Lipinski definition) is 2. The van der Waals surface area contributed by atoms with E-state index >= 15 is 0 Å². The highest BCUT2D eigenvalue weighted by atomic mass is 79.9. The van der Waals surface area contributed by atoms with Crippen molar-refractivity contribution in [1.29, 1.82) is 0 Å². The van der Waals surface area contributed by atoms with Gasteiger partial charge in [0.25, 0.3) is 0 Å². The van der Waals surface area contributed by atoms with Crippen LogP contribution in [-0.4, -0.2) is 28.8 Å². The standard InChI is InChI=1S/C14H26BrNOS/c1-14(2,3)12(4-7-15)16-13(17)10-11-5-8-18-9-6-11/h11-12H,4-10H2,1-3H3,(H,16,17). The van der Waals surface area contributed by atoms with E-state index in [9.17, 15) is 4.79 Å². The number of hydrogen-bond donors (Lipinski definition) is 1. The van der Waals surface area contributed by atoms with Crippen LogP contribution in [0.15, 0.2) is 0 Å². The molecule has 0 saturated carbocycles. The Balaban J connectivity index is 2.40. The van der Waals surface area contributed by atoms with Gasteiger partial charge in [-0.05, 0) is 42.1 Å². The Morgan fingerprint density at radius 1 is 1.39 bits per heavy atom. The summed E-state index contributed by atoms with van der Waals surface area (Å²) in [6.07, 6.45) is 4.12. The normalized spacial score (nSPS) is 19.6. The molecule has 1 N–H and O–H groups in total. The summed E-state index contributed by atoms with van der Waals surface area (Å²) >= 11 is 5.49. The van der Waals surface area contributed by atoms with Crippen molar-refractivity contribution in [3.8, 4) is 0 Å². The van der Waals surface area contributed by atoms with Crippen molar-refractivity contribution in [3.63, 3.8) is 0 Å². The van der Waals surface area contributed by atoms with E-state index in [-0.39, 0.29) is 17.4 Å². The summed E-state index contributed by atoms with van der Waals surface area (Å²) in [6.45, 7) is 6.58. The monoisotopic (exact) mass is 335 g/mol. The fourth-order valence-electron chi connectivity index (χ4n) is 2.30. The van der Waals surface area contributed by atoms with Crippen LogP contribution in [0.3, 0.4) is 0 Å². The number of carbonyl (C=O) groups excluding carboxylic acids is 1. The molecule has 1 saturated heterocycles. The van der Waals surface area contributed by atoms with Gasteiger partial charge in [-0.25, -0.2) is 0 Å². The van der Waals surface area contributed by atoms with Gasteiger partial charge in [0.05, 0.1) is 0 Å². The van der Waals surface area contributed by atoms with E-state index in [2.05, 4.69) is 42.0 Å². The summed E-state index contributed by atoms with van der Waals surface area (Å²) < 4.78 is 0. The maximum atomic E-state index is 12.1. The zero-order valence-electron chi connectivity index (χ0n) is 11.8. The van der Waals surface area contributed by atoms with E-state index < -0.39 is 0 Å². The molecule has 1 aliphatic heterocycles. The second-order valence-electron chi connectivity index (χ2n) is 6.22. The van der Waals surface area contributed by atoms with E-state index in [0.29, 0.717) is 5.92 Å². The maximum Gasteiger partial charge on any atom is 0.220 e. The van der Waals surface area contributed by atoms with Crippen LogP contribution in [0.1, 0.15) is 46.5 Å². The molecule has 0 aliphatic carbocycles. The molecule has 1 atom stereocenters. The zero-order chi connectivity index (χ0) is 13.6. The highest BCUT2D eigenvalue weighted by Crippen LogP contribution is 2.26. The van der Waals surface area contributed by atoms with Crippen LogP contribution in [0.2, 0.25) is 0 Å². The van der Waals surface area contributed by atoms with Crippen molar-refractivity contribution >= 4 is 33.6 Å². The lowest BCUT2D eigenvalue weighted by atomic mass is 9.85. The lowest BCUT2D eigenvalue weighted by Gasteiger charge is -2.32. The van der Waals surface area contributed by atoms with Gasteiger partial charge in [-0.15, -0.1) is 0 Å². The lowest BCUT2D eigenvalue weighted by Crippen LogP contribution is -2.44. The third-order valence-electron chi connectivity index (χ3n) is 3.59. The van der Waals surface area contributed by atoms with E-state index in [1.165, 1.54) is 24.3 Å². The van der Waals surface area contributed by atoms with Crippen molar-refractivity contribution in [3.05, 3.63) is 0 Å². The molecule has 1 amide bonds. The molecule has 1 aliphatic rings. The molecule has 0 radical (unpaired) electrons. The van der Waals surface area contributed by atoms with Gasteiger partial charge in [-0.1, -0.05) is 36.7 Å². The Hall–Kier alpha value is 0.300. The van der Waals surface area contributed by atoms with Crippen LogP contribution in [0.5, 0.6) is 0 Å². The van der Waals surface area contributed by atoms with Gasteiger partial charge < -0.3 is 5.32 Å². The van der Waals surface area contributed by atoms with Gasteiger partial charge in [0.2, 0.25) is 5.91 Å². The molecule has 1 rings (SSSR count). The SMILES string of the molecule is CC(C)(C)C(CCBr)NC(=O)CC1CCSCC1. The molecule has 1 heterocycles. The number of alkyl halides is 1. The number of thioether (sulfide) groups is 1. The number of halogens is 1. The molecule has 0 bridgehead atoms. The third kappa shape index (κ3) is 5.96. The Morgan fingerprint density at radius 2 is 2.00 bits per heavy atom. The smallest absolute Gasteiger partial charge is 0.220 e. The molecule has 1 unspecified atom stereocenters. The Bertz CT molecular complexity index is 259. The highest BCUT2D eigenvalue weighted by Gasteiger charge is 2.26. The molecule has 2 nitrogen and oxygen atoms in total. The first-order valence-corrected chi connectivity index (χ1v) is 9.14. The van der Waals surface area contributed by atoms with Crippen LogP contribution < -0.4 is 5.32 Å². The summed E-state index contributed by atoms with van der Waals surface area (Å²) in [5, 5.41) is 4.17. The van der Waals surface area contributed by atoms with Gasteiger partial charge in [-0.2, -0.15) is 11.8 Å². The molecule has 0 aromatic rings. The second-order valence-corrected chi connectivity index (χ2v) is 8.24. The summed E-state index contributed by atoms with van der Waals surface area (Å²) in [6, 6.07) is 0.266. The largest absolute Gasteiger partial charge is 0.353 e. The van der Waals surface area contributed by atoms with E-state index in [1.807, 2.05) is 11.8 Å². The van der Waals surface area contributed by atoms with E-state index in [0.717, 1.165) is 18.2 Å². The Kier molecular flexibility index (Phi) is 7.07. The predicted octanol–water partition coefficient (Wildman–Crippen LogP) is 3.84. The van der Waals surface area contributed by atoms with Crippen molar-refractivity contribution in [2.24, 2.45) is 11.3 Å². The quantitative estimate of drug-likeness (QED) is 0.773. The summed E-state index contributed by atoms with van der Waals surface area (Å²) in [5.74, 6) is 3.30. The third-order valence-corrected chi connectivity index (χ3v) is 5.10. The average molecular weight is 336 g/mol. The molecule has 106 valence electrons. The van der Waals surface area contributed by atoms with Crippen molar-refractivity contribution in [2.45, 2.75) is 52.5 Å². The summed E-state index contributed by atoms with van der Waals surface area (Å²) in [4.78, 5) is 12.1. The predicted molar refractivity (Wildman–Crippen MR) is 84.5 cm³/mol. The molecular weight excluding hydrogens is 310 g/mol. The van der Waals surface area contributed by atoms with Crippen molar-refractivity contribution in [2.75, 3.05) is 16.8 Å². The number of amides is 1. The molecule has 0 spiro atoms. The maximum absolute atomic E-state index is 12.1. The average Bonchev–Trinajstić information content (AvgIpc) is 2.28.